The lowest BCUT2D eigenvalue weighted by atomic mass is 10.2. The van der Waals surface area contributed by atoms with E-state index in [0.717, 1.165) is 11.3 Å². The van der Waals surface area contributed by atoms with Crippen LogP contribution in [-0.4, -0.2) is 30.8 Å². The summed E-state index contributed by atoms with van der Waals surface area (Å²) in [5.41, 5.74) is 1.52. The summed E-state index contributed by atoms with van der Waals surface area (Å²) in [5.74, 6) is 1.88. The molecule has 1 amide bonds. The molecular weight excluding hydrogens is 320 g/mol. The van der Waals surface area contributed by atoms with E-state index in [1.54, 1.807) is 29.2 Å². The minimum atomic E-state index is -0.107. The molecule has 0 unspecified atom stereocenters. The van der Waals surface area contributed by atoms with Gasteiger partial charge in [0.05, 0.1) is 11.6 Å². The molecule has 2 aromatic rings. The van der Waals surface area contributed by atoms with Crippen LogP contribution >= 0.6 is 0 Å². The van der Waals surface area contributed by atoms with E-state index in [4.69, 9.17) is 19.5 Å². The molecule has 0 atom stereocenters. The number of nitrogens with zero attached hydrogens (tertiary/aromatic N) is 2. The van der Waals surface area contributed by atoms with Crippen LogP contribution in [0.25, 0.3) is 0 Å². The minimum absolute atomic E-state index is 0.0513. The van der Waals surface area contributed by atoms with Gasteiger partial charge in [-0.3, -0.25) is 4.79 Å². The van der Waals surface area contributed by atoms with E-state index in [2.05, 4.69) is 0 Å². The Morgan fingerprint density at radius 1 is 1.20 bits per heavy atom. The molecule has 0 aliphatic carbocycles. The summed E-state index contributed by atoms with van der Waals surface area (Å²) in [6.45, 7) is 3.15. The molecular formula is C19H18N2O4. The zero-order valence-electron chi connectivity index (χ0n) is 13.9. The summed E-state index contributed by atoms with van der Waals surface area (Å²) in [7, 11) is 0. The normalized spacial score (nSPS) is 11.7. The van der Waals surface area contributed by atoms with Crippen LogP contribution in [0.2, 0.25) is 0 Å². The van der Waals surface area contributed by atoms with Crippen molar-refractivity contribution in [2.75, 3.05) is 19.9 Å². The minimum Gasteiger partial charge on any atom is -0.484 e. The van der Waals surface area contributed by atoms with Gasteiger partial charge in [-0.15, -0.1) is 0 Å². The lowest BCUT2D eigenvalue weighted by Crippen LogP contribution is -2.34. The van der Waals surface area contributed by atoms with Crippen molar-refractivity contribution in [1.82, 2.24) is 4.90 Å². The van der Waals surface area contributed by atoms with Gasteiger partial charge in [-0.1, -0.05) is 6.07 Å². The van der Waals surface area contributed by atoms with Crippen LogP contribution < -0.4 is 14.2 Å². The third-order valence-electron chi connectivity index (χ3n) is 3.89. The van der Waals surface area contributed by atoms with Crippen LogP contribution in [0.1, 0.15) is 18.1 Å². The van der Waals surface area contributed by atoms with E-state index in [1.807, 2.05) is 31.2 Å². The maximum atomic E-state index is 12.4. The summed E-state index contributed by atoms with van der Waals surface area (Å²) in [4.78, 5) is 14.1. The largest absolute Gasteiger partial charge is 0.484 e. The topological polar surface area (TPSA) is 71.8 Å². The molecule has 2 aromatic carbocycles. The van der Waals surface area contributed by atoms with E-state index in [9.17, 15) is 4.79 Å². The first kappa shape index (κ1) is 16.7. The number of amides is 1. The first-order valence-corrected chi connectivity index (χ1v) is 7.99. The number of fused-ring (bicyclic) bond motifs is 1. The van der Waals surface area contributed by atoms with Gasteiger partial charge in [0, 0.05) is 13.1 Å². The average molecular weight is 338 g/mol. The first-order valence-electron chi connectivity index (χ1n) is 7.99. The summed E-state index contributed by atoms with van der Waals surface area (Å²) in [6, 6.07) is 14.4. The lowest BCUT2D eigenvalue weighted by Gasteiger charge is -2.21. The predicted octanol–water partition coefficient (Wildman–Crippen LogP) is 2.71. The molecule has 6 nitrogen and oxygen atoms in total. The number of nitriles is 1. The highest BCUT2D eigenvalue weighted by atomic mass is 16.7. The van der Waals surface area contributed by atoms with Crippen molar-refractivity contribution in [1.29, 1.82) is 5.26 Å². The van der Waals surface area contributed by atoms with E-state index in [0.29, 0.717) is 30.2 Å². The number of hydrogen-bond acceptors (Lipinski definition) is 5. The number of ether oxygens (including phenoxy) is 3. The number of hydrogen-bond donors (Lipinski definition) is 0. The zero-order chi connectivity index (χ0) is 17.6. The van der Waals surface area contributed by atoms with Gasteiger partial charge in [0.2, 0.25) is 6.79 Å². The first-order chi connectivity index (χ1) is 12.2. The molecule has 0 saturated heterocycles. The Balaban J connectivity index is 1.58. The van der Waals surface area contributed by atoms with E-state index in [1.165, 1.54) is 0 Å². The zero-order valence-corrected chi connectivity index (χ0v) is 13.9. The van der Waals surface area contributed by atoms with Gasteiger partial charge in [-0.2, -0.15) is 5.26 Å². The van der Waals surface area contributed by atoms with Gasteiger partial charge < -0.3 is 19.1 Å². The van der Waals surface area contributed by atoms with Crippen LogP contribution in [0.3, 0.4) is 0 Å². The highest BCUT2D eigenvalue weighted by Gasteiger charge is 2.17. The molecule has 0 fully saturated rings. The maximum Gasteiger partial charge on any atom is 0.260 e. The van der Waals surface area contributed by atoms with Crippen molar-refractivity contribution in [3.8, 4) is 23.3 Å². The molecule has 0 radical (unpaired) electrons. The second-order valence-electron chi connectivity index (χ2n) is 5.52. The smallest absolute Gasteiger partial charge is 0.260 e. The molecule has 25 heavy (non-hydrogen) atoms. The van der Waals surface area contributed by atoms with Crippen LogP contribution in [-0.2, 0) is 11.3 Å². The number of rotatable bonds is 6. The lowest BCUT2D eigenvalue weighted by molar-refractivity contribution is -0.133. The molecule has 0 saturated carbocycles. The molecule has 0 bridgehead atoms. The molecule has 3 rings (SSSR count). The molecule has 1 aliphatic rings. The number of likely N-dealkylation sites (N-methyl/N-ethyl adjacent to an activating group) is 1. The monoisotopic (exact) mass is 338 g/mol. The molecule has 1 aliphatic heterocycles. The van der Waals surface area contributed by atoms with Crippen molar-refractivity contribution >= 4 is 5.91 Å². The summed E-state index contributed by atoms with van der Waals surface area (Å²) >= 11 is 0. The van der Waals surface area contributed by atoms with Crippen molar-refractivity contribution in [3.63, 3.8) is 0 Å². The molecule has 6 heteroatoms. The highest BCUT2D eigenvalue weighted by Crippen LogP contribution is 2.32. The molecule has 1 heterocycles. The van der Waals surface area contributed by atoms with Crippen molar-refractivity contribution in [3.05, 3.63) is 53.6 Å². The highest BCUT2D eigenvalue weighted by molar-refractivity contribution is 5.77. The van der Waals surface area contributed by atoms with Crippen molar-refractivity contribution < 1.29 is 19.0 Å². The Hall–Kier alpha value is -3.20. The third kappa shape index (κ3) is 4.01. The fourth-order valence-electron chi connectivity index (χ4n) is 2.50. The van der Waals surface area contributed by atoms with Crippen molar-refractivity contribution in [2.24, 2.45) is 0 Å². The summed E-state index contributed by atoms with van der Waals surface area (Å²) in [5, 5.41) is 8.78. The van der Waals surface area contributed by atoms with Crippen molar-refractivity contribution in [2.45, 2.75) is 13.5 Å². The molecule has 0 spiro atoms. The standard InChI is InChI=1S/C19H18N2O4/c1-2-21(11-15-5-8-17-18(9-15)25-13-24-17)19(22)12-23-16-6-3-14(10-20)4-7-16/h3-9H,2,11-13H2,1H3. The van der Waals surface area contributed by atoms with Gasteiger partial charge in [-0.05, 0) is 48.9 Å². The number of carbonyl (C=O) groups excluding carboxylic acids is 1. The van der Waals surface area contributed by atoms with Gasteiger partial charge >= 0.3 is 0 Å². The third-order valence-corrected chi connectivity index (χ3v) is 3.89. The van der Waals surface area contributed by atoms with Gasteiger partial charge in [-0.25, -0.2) is 0 Å². The van der Waals surface area contributed by atoms with Gasteiger partial charge in [0.25, 0.3) is 5.91 Å². The van der Waals surface area contributed by atoms with Crippen LogP contribution in [0, 0.1) is 11.3 Å². The van der Waals surface area contributed by atoms with Crippen LogP contribution in [0.15, 0.2) is 42.5 Å². The number of benzene rings is 2. The molecule has 0 N–H and O–H groups in total. The Morgan fingerprint density at radius 3 is 2.68 bits per heavy atom. The van der Waals surface area contributed by atoms with Gasteiger partial charge in [0.1, 0.15) is 5.75 Å². The van der Waals surface area contributed by atoms with E-state index >= 15 is 0 Å². The molecule has 0 aromatic heterocycles. The van der Waals surface area contributed by atoms with E-state index < -0.39 is 0 Å². The SMILES string of the molecule is CCN(Cc1ccc2c(c1)OCO2)C(=O)COc1ccc(C#N)cc1. The Kier molecular flexibility index (Phi) is 5.05. The fourth-order valence-corrected chi connectivity index (χ4v) is 2.50. The Morgan fingerprint density at radius 2 is 1.96 bits per heavy atom. The summed E-state index contributed by atoms with van der Waals surface area (Å²) < 4.78 is 16.2. The van der Waals surface area contributed by atoms with E-state index in [-0.39, 0.29) is 19.3 Å². The Labute approximate surface area is 146 Å². The summed E-state index contributed by atoms with van der Waals surface area (Å²) in [6.07, 6.45) is 0. The quantitative estimate of drug-likeness (QED) is 0.810. The average Bonchev–Trinajstić information content (AvgIpc) is 3.12. The predicted molar refractivity (Wildman–Crippen MR) is 90.3 cm³/mol. The number of carbonyl (C=O) groups is 1. The van der Waals surface area contributed by atoms with Crippen LogP contribution in [0.4, 0.5) is 0 Å². The maximum absolute atomic E-state index is 12.4. The van der Waals surface area contributed by atoms with Crippen LogP contribution in [0.5, 0.6) is 17.2 Å². The molecule has 128 valence electrons. The second kappa shape index (κ2) is 7.58. The Bertz CT molecular complexity index is 796. The van der Waals surface area contributed by atoms with Gasteiger partial charge in [0.15, 0.2) is 18.1 Å². The second-order valence-corrected chi connectivity index (χ2v) is 5.52. The fraction of sp³-hybridized carbons (Fsp3) is 0.263.